The molecule has 2 aliphatic carbocycles. The van der Waals surface area contributed by atoms with E-state index in [1.807, 2.05) is 0 Å². The SMILES string of the molecule is CCCC[C@H]1CC[C@H](c2ccc(C#C/C=C/[C@H]3CC[C@H](c4ccc(CCC)cc4)CC3)cc2)CC1. The summed E-state index contributed by atoms with van der Waals surface area (Å²) in [4.78, 5) is 0. The lowest BCUT2D eigenvalue weighted by Crippen LogP contribution is -2.13. The molecule has 0 nitrogen and oxygen atoms in total. The topological polar surface area (TPSA) is 0 Å². The summed E-state index contributed by atoms with van der Waals surface area (Å²) in [5, 5.41) is 0. The predicted molar refractivity (Wildman–Crippen MR) is 152 cm³/mol. The third-order valence-electron chi connectivity index (χ3n) is 8.62. The number of aryl methyl sites for hydroxylation is 1. The monoisotopic (exact) mass is 466 g/mol. The van der Waals surface area contributed by atoms with E-state index in [4.69, 9.17) is 0 Å². The number of benzene rings is 2. The molecule has 0 heterocycles. The van der Waals surface area contributed by atoms with Crippen LogP contribution in [0.4, 0.5) is 0 Å². The standard InChI is InChI=1S/C35H46/c1-3-5-9-29-14-22-33(23-15-29)35-26-18-31(19-27-35)11-7-6-10-30-16-24-34(25-17-30)32-20-12-28(8-4-2)13-21-32/h6,10,12-13,18-21,26-27,29-30,33-34H,3-5,8-9,14-17,22-25H2,1-2H3/b10-6+/t29-,30-,33-,34-. The minimum Gasteiger partial charge on any atom is -0.0730 e. The van der Waals surface area contributed by atoms with E-state index in [-0.39, 0.29) is 0 Å². The van der Waals surface area contributed by atoms with Gasteiger partial charge in [0.05, 0.1) is 0 Å². The number of unbranched alkanes of at least 4 members (excludes halogenated alkanes) is 1. The molecule has 0 saturated heterocycles. The van der Waals surface area contributed by atoms with Gasteiger partial charge in [-0.05, 0) is 116 Å². The minimum absolute atomic E-state index is 0.690. The van der Waals surface area contributed by atoms with Crippen molar-refractivity contribution < 1.29 is 0 Å². The second kappa shape index (κ2) is 13.7. The number of rotatable bonds is 8. The summed E-state index contributed by atoms with van der Waals surface area (Å²) in [6, 6.07) is 18.6. The molecule has 186 valence electrons. The molecule has 0 heteroatoms. The third kappa shape index (κ3) is 7.87. The molecule has 0 amide bonds. The van der Waals surface area contributed by atoms with Gasteiger partial charge < -0.3 is 0 Å². The first-order chi connectivity index (χ1) is 17.2. The second-order valence-electron chi connectivity index (χ2n) is 11.2. The van der Waals surface area contributed by atoms with Gasteiger partial charge >= 0.3 is 0 Å². The van der Waals surface area contributed by atoms with Crippen molar-refractivity contribution in [3.8, 4) is 11.8 Å². The number of allylic oxidation sites excluding steroid dienone is 2. The molecule has 0 aromatic heterocycles. The summed E-state index contributed by atoms with van der Waals surface area (Å²) in [6.07, 6.45) is 21.8. The van der Waals surface area contributed by atoms with Crippen LogP contribution in [0.15, 0.2) is 60.7 Å². The lowest BCUT2D eigenvalue weighted by atomic mass is 9.77. The average molecular weight is 467 g/mol. The van der Waals surface area contributed by atoms with Crippen LogP contribution in [0.1, 0.15) is 125 Å². The van der Waals surface area contributed by atoms with E-state index in [1.54, 1.807) is 5.56 Å². The van der Waals surface area contributed by atoms with E-state index in [1.165, 1.54) is 94.6 Å². The molecular formula is C35H46. The molecule has 0 atom stereocenters. The summed E-state index contributed by atoms with van der Waals surface area (Å²) >= 11 is 0. The summed E-state index contributed by atoms with van der Waals surface area (Å²) in [5.74, 6) is 9.84. The maximum Gasteiger partial charge on any atom is 0.0249 e. The van der Waals surface area contributed by atoms with Crippen LogP contribution in [0.2, 0.25) is 0 Å². The van der Waals surface area contributed by atoms with Crippen molar-refractivity contribution in [2.75, 3.05) is 0 Å². The summed E-state index contributed by atoms with van der Waals surface area (Å²) < 4.78 is 0. The molecule has 2 aromatic carbocycles. The highest BCUT2D eigenvalue weighted by Crippen LogP contribution is 2.38. The quantitative estimate of drug-likeness (QED) is 0.339. The smallest absolute Gasteiger partial charge is 0.0249 e. The van der Waals surface area contributed by atoms with Crippen LogP contribution in [0.25, 0.3) is 0 Å². The van der Waals surface area contributed by atoms with Gasteiger partial charge in [0.15, 0.2) is 0 Å². The molecule has 0 spiro atoms. The molecule has 0 aliphatic heterocycles. The van der Waals surface area contributed by atoms with E-state index in [0.717, 1.165) is 23.3 Å². The lowest BCUT2D eigenvalue weighted by molar-refractivity contribution is 0.304. The molecule has 0 bridgehead atoms. The lowest BCUT2D eigenvalue weighted by Gasteiger charge is -2.28. The minimum atomic E-state index is 0.690. The first-order valence-corrected chi connectivity index (χ1v) is 14.6. The van der Waals surface area contributed by atoms with Crippen molar-refractivity contribution in [3.05, 3.63) is 82.9 Å². The zero-order chi connectivity index (χ0) is 24.3. The Morgan fingerprint density at radius 1 is 0.714 bits per heavy atom. The Morgan fingerprint density at radius 2 is 1.31 bits per heavy atom. The van der Waals surface area contributed by atoms with E-state index < -0.39 is 0 Å². The van der Waals surface area contributed by atoms with Gasteiger partial charge in [-0.2, -0.15) is 0 Å². The van der Waals surface area contributed by atoms with Crippen molar-refractivity contribution in [1.29, 1.82) is 0 Å². The van der Waals surface area contributed by atoms with Gasteiger partial charge in [-0.15, -0.1) is 0 Å². The zero-order valence-electron chi connectivity index (χ0n) is 22.3. The first kappa shape index (κ1) is 25.8. The molecule has 4 rings (SSSR count). The fourth-order valence-electron chi connectivity index (χ4n) is 6.32. The highest BCUT2D eigenvalue weighted by Gasteiger charge is 2.22. The van der Waals surface area contributed by atoms with Crippen LogP contribution in [0.5, 0.6) is 0 Å². The summed E-state index contributed by atoms with van der Waals surface area (Å²) in [5.41, 5.74) is 5.69. The van der Waals surface area contributed by atoms with Crippen LogP contribution in [0.3, 0.4) is 0 Å². The van der Waals surface area contributed by atoms with Crippen LogP contribution in [-0.2, 0) is 6.42 Å². The Kier molecular flexibility index (Phi) is 10.1. The van der Waals surface area contributed by atoms with Gasteiger partial charge in [0.25, 0.3) is 0 Å². The van der Waals surface area contributed by atoms with Crippen molar-refractivity contribution >= 4 is 0 Å². The van der Waals surface area contributed by atoms with E-state index in [9.17, 15) is 0 Å². The maximum absolute atomic E-state index is 3.36. The molecule has 2 saturated carbocycles. The Labute approximate surface area is 215 Å². The largest absolute Gasteiger partial charge is 0.0730 e. The second-order valence-corrected chi connectivity index (χ2v) is 11.2. The van der Waals surface area contributed by atoms with Gasteiger partial charge in [-0.25, -0.2) is 0 Å². The Morgan fingerprint density at radius 3 is 1.91 bits per heavy atom. The van der Waals surface area contributed by atoms with E-state index >= 15 is 0 Å². The van der Waals surface area contributed by atoms with Crippen molar-refractivity contribution in [2.45, 2.75) is 109 Å². The van der Waals surface area contributed by atoms with Crippen molar-refractivity contribution in [3.63, 3.8) is 0 Å². The van der Waals surface area contributed by atoms with Gasteiger partial charge in [0.2, 0.25) is 0 Å². The van der Waals surface area contributed by atoms with Gasteiger partial charge in [-0.3, -0.25) is 0 Å². The Hall–Kier alpha value is -2.26. The van der Waals surface area contributed by atoms with Gasteiger partial charge in [-0.1, -0.05) is 93.8 Å². The molecule has 2 fully saturated rings. The molecule has 2 aromatic rings. The predicted octanol–water partition coefficient (Wildman–Crippen LogP) is 9.98. The number of hydrogen-bond acceptors (Lipinski definition) is 0. The number of hydrogen-bond donors (Lipinski definition) is 0. The van der Waals surface area contributed by atoms with Gasteiger partial charge in [0, 0.05) is 5.56 Å². The Bertz CT molecular complexity index is 949. The molecule has 0 unspecified atom stereocenters. The van der Waals surface area contributed by atoms with Crippen molar-refractivity contribution in [2.24, 2.45) is 11.8 Å². The summed E-state index contributed by atoms with van der Waals surface area (Å²) in [7, 11) is 0. The van der Waals surface area contributed by atoms with E-state index in [2.05, 4.69) is 86.4 Å². The molecule has 2 aliphatic rings. The van der Waals surface area contributed by atoms with Crippen LogP contribution < -0.4 is 0 Å². The molecule has 0 N–H and O–H groups in total. The third-order valence-corrected chi connectivity index (χ3v) is 8.62. The van der Waals surface area contributed by atoms with Gasteiger partial charge in [0.1, 0.15) is 0 Å². The van der Waals surface area contributed by atoms with Crippen molar-refractivity contribution in [1.82, 2.24) is 0 Å². The first-order valence-electron chi connectivity index (χ1n) is 14.6. The maximum atomic E-state index is 3.36. The highest BCUT2D eigenvalue weighted by molar-refractivity contribution is 5.39. The Balaban J connectivity index is 1.20. The van der Waals surface area contributed by atoms with Crippen LogP contribution >= 0.6 is 0 Å². The zero-order valence-corrected chi connectivity index (χ0v) is 22.3. The average Bonchev–Trinajstić information content (AvgIpc) is 2.92. The molecule has 35 heavy (non-hydrogen) atoms. The van der Waals surface area contributed by atoms with E-state index in [0.29, 0.717) is 5.92 Å². The van der Waals surface area contributed by atoms with Crippen LogP contribution in [0, 0.1) is 23.7 Å². The normalized spacial score (nSPS) is 24.7. The highest BCUT2D eigenvalue weighted by atomic mass is 14.3. The molecular weight excluding hydrogens is 420 g/mol. The fourth-order valence-corrected chi connectivity index (χ4v) is 6.32. The summed E-state index contributed by atoms with van der Waals surface area (Å²) in [6.45, 7) is 4.56. The molecule has 0 radical (unpaired) electrons. The van der Waals surface area contributed by atoms with Crippen LogP contribution in [-0.4, -0.2) is 0 Å². The fraction of sp³-hybridized carbons (Fsp3) is 0.543.